The van der Waals surface area contributed by atoms with E-state index in [9.17, 15) is 0 Å². The Labute approximate surface area is 170 Å². The molecule has 4 aromatic rings. The lowest BCUT2D eigenvalue weighted by Crippen LogP contribution is -2.22. The van der Waals surface area contributed by atoms with E-state index in [-0.39, 0.29) is 0 Å². The molecule has 138 valence electrons. The molecule has 0 saturated carbocycles. The summed E-state index contributed by atoms with van der Waals surface area (Å²) >= 11 is 8.70. The fraction of sp³-hybridized carbons (Fsp3) is 0.211. The van der Waals surface area contributed by atoms with E-state index >= 15 is 0 Å². The van der Waals surface area contributed by atoms with Crippen LogP contribution in [0.15, 0.2) is 48.5 Å². The van der Waals surface area contributed by atoms with Crippen LogP contribution < -0.4 is 5.32 Å². The minimum Gasteiger partial charge on any atom is -0.330 e. The fourth-order valence-corrected chi connectivity index (χ4v) is 4.76. The Kier molecular flexibility index (Phi) is 5.31. The molecule has 0 radical (unpaired) electrons. The van der Waals surface area contributed by atoms with Crippen LogP contribution >= 0.6 is 34.9 Å². The van der Waals surface area contributed by atoms with Crippen LogP contribution in [-0.2, 0) is 13.2 Å². The zero-order valence-electron chi connectivity index (χ0n) is 15.0. The molecule has 4 rings (SSSR count). The summed E-state index contributed by atoms with van der Waals surface area (Å²) in [6, 6.07) is 16.5. The molecule has 2 heterocycles. The van der Waals surface area contributed by atoms with Crippen LogP contribution in [0, 0.1) is 10.9 Å². The molecule has 27 heavy (non-hydrogen) atoms. The maximum Gasteiger partial charge on any atom is 0.209 e. The molecule has 2 aromatic carbocycles. The molecule has 0 bridgehead atoms. The number of fused-ring (bicyclic) bond motifs is 1. The molecule has 5 nitrogen and oxygen atoms in total. The van der Waals surface area contributed by atoms with Crippen molar-refractivity contribution in [3.05, 3.63) is 63.1 Å². The Morgan fingerprint density at radius 3 is 2.67 bits per heavy atom. The van der Waals surface area contributed by atoms with Gasteiger partial charge in [0, 0.05) is 5.69 Å². The molecule has 8 heteroatoms. The first-order valence-corrected chi connectivity index (χ1v) is 10.6. The van der Waals surface area contributed by atoms with Crippen molar-refractivity contribution in [2.24, 2.45) is 0 Å². The summed E-state index contributed by atoms with van der Waals surface area (Å²) in [6.07, 6.45) is 0. The number of nitrogens with one attached hydrogen (secondary N) is 1. The standard InChI is InChI=1S/C19H19N5S3/c1-13-7-9-14(10-8-13)20-18-22-24(19(25)27-18)12-23(2)11-17-21-15-5-3-4-6-16(15)26-17/h3-10H,11-12H2,1-2H3,(H,20,22). The molecule has 0 unspecified atom stereocenters. The van der Waals surface area contributed by atoms with E-state index in [1.807, 2.05) is 28.9 Å². The normalized spacial score (nSPS) is 11.4. The van der Waals surface area contributed by atoms with Crippen molar-refractivity contribution in [2.75, 3.05) is 12.4 Å². The summed E-state index contributed by atoms with van der Waals surface area (Å²) in [5, 5.41) is 9.84. The quantitative estimate of drug-likeness (QED) is 0.427. The summed E-state index contributed by atoms with van der Waals surface area (Å²) < 4.78 is 3.82. The van der Waals surface area contributed by atoms with E-state index in [1.165, 1.54) is 21.6 Å². The molecule has 2 aromatic heterocycles. The number of para-hydroxylation sites is 1. The molecule has 1 N–H and O–H groups in total. The molecule has 0 fully saturated rings. The zero-order valence-corrected chi connectivity index (χ0v) is 17.5. The van der Waals surface area contributed by atoms with Crippen LogP contribution in [0.4, 0.5) is 10.8 Å². The first kappa shape index (κ1) is 18.2. The number of hydrogen-bond donors (Lipinski definition) is 1. The summed E-state index contributed by atoms with van der Waals surface area (Å²) in [5.41, 5.74) is 3.30. The van der Waals surface area contributed by atoms with Gasteiger partial charge in [-0.1, -0.05) is 41.2 Å². The van der Waals surface area contributed by atoms with Crippen molar-refractivity contribution < 1.29 is 0 Å². The van der Waals surface area contributed by atoms with E-state index < -0.39 is 0 Å². The Hall–Kier alpha value is -2.13. The monoisotopic (exact) mass is 413 g/mol. The average Bonchev–Trinajstić information content (AvgIpc) is 3.19. The summed E-state index contributed by atoms with van der Waals surface area (Å²) in [5.74, 6) is 0. The van der Waals surface area contributed by atoms with Gasteiger partial charge in [0.2, 0.25) is 5.13 Å². The maximum absolute atomic E-state index is 5.48. The second-order valence-electron chi connectivity index (χ2n) is 6.39. The van der Waals surface area contributed by atoms with Gasteiger partial charge in [-0.25, -0.2) is 9.67 Å². The molecule has 0 spiro atoms. The Bertz CT molecular complexity index is 1080. The van der Waals surface area contributed by atoms with Crippen LogP contribution in [0.5, 0.6) is 0 Å². The van der Waals surface area contributed by atoms with Gasteiger partial charge in [-0.2, -0.15) is 0 Å². The highest BCUT2D eigenvalue weighted by atomic mass is 32.1. The predicted octanol–water partition coefficient (Wildman–Crippen LogP) is 5.43. The van der Waals surface area contributed by atoms with E-state index in [0.717, 1.165) is 31.8 Å². The zero-order chi connectivity index (χ0) is 18.8. The van der Waals surface area contributed by atoms with Crippen molar-refractivity contribution in [3.8, 4) is 0 Å². The lowest BCUT2D eigenvalue weighted by molar-refractivity contribution is 0.245. The van der Waals surface area contributed by atoms with Gasteiger partial charge in [0.05, 0.1) is 23.4 Å². The first-order chi connectivity index (χ1) is 13.1. The van der Waals surface area contributed by atoms with Crippen LogP contribution in [0.3, 0.4) is 0 Å². The maximum atomic E-state index is 5.48. The smallest absolute Gasteiger partial charge is 0.209 e. The van der Waals surface area contributed by atoms with E-state index in [2.05, 4.69) is 53.6 Å². The lowest BCUT2D eigenvalue weighted by atomic mass is 10.2. The molecule has 0 aliphatic heterocycles. The first-order valence-electron chi connectivity index (χ1n) is 8.51. The average molecular weight is 414 g/mol. The largest absolute Gasteiger partial charge is 0.330 e. The van der Waals surface area contributed by atoms with E-state index in [4.69, 9.17) is 17.2 Å². The SMILES string of the molecule is Cc1ccc(Nc2nn(CN(C)Cc3nc4ccccc4s3)c(=S)s2)cc1. The van der Waals surface area contributed by atoms with E-state index in [0.29, 0.717) is 6.67 Å². The van der Waals surface area contributed by atoms with Gasteiger partial charge in [0.1, 0.15) is 5.01 Å². The molecule has 0 amide bonds. The topological polar surface area (TPSA) is 46.0 Å². The lowest BCUT2D eigenvalue weighted by Gasteiger charge is -2.14. The van der Waals surface area contributed by atoms with Gasteiger partial charge >= 0.3 is 0 Å². The second kappa shape index (κ2) is 7.85. The van der Waals surface area contributed by atoms with Crippen molar-refractivity contribution in [1.82, 2.24) is 19.7 Å². The minimum atomic E-state index is 0.626. The summed E-state index contributed by atoms with van der Waals surface area (Å²) in [6.45, 7) is 3.46. The number of hydrogen-bond acceptors (Lipinski definition) is 7. The number of thiazole rings is 1. The third-order valence-corrected chi connectivity index (χ3v) is 6.27. The van der Waals surface area contributed by atoms with Gasteiger partial charge in [-0.3, -0.25) is 4.90 Å². The van der Waals surface area contributed by atoms with Gasteiger partial charge < -0.3 is 5.32 Å². The third-order valence-electron chi connectivity index (χ3n) is 4.03. The Morgan fingerprint density at radius 1 is 1.11 bits per heavy atom. The highest BCUT2D eigenvalue weighted by Gasteiger charge is 2.10. The Morgan fingerprint density at radius 2 is 1.89 bits per heavy atom. The number of rotatable bonds is 6. The second-order valence-corrected chi connectivity index (χ2v) is 9.13. The Balaban J connectivity index is 1.43. The third kappa shape index (κ3) is 4.41. The van der Waals surface area contributed by atoms with Crippen molar-refractivity contribution in [1.29, 1.82) is 0 Å². The molecule has 0 saturated heterocycles. The predicted molar refractivity (Wildman–Crippen MR) is 116 cm³/mol. The number of aromatic nitrogens is 3. The minimum absolute atomic E-state index is 0.626. The molecule has 0 atom stereocenters. The van der Waals surface area contributed by atoms with Crippen LogP contribution in [0.1, 0.15) is 10.6 Å². The number of aryl methyl sites for hydroxylation is 1. The van der Waals surface area contributed by atoms with E-state index in [1.54, 1.807) is 11.3 Å². The van der Waals surface area contributed by atoms with Crippen LogP contribution in [-0.4, -0.2) is 26.7 Å². The van der Waals surface area contributed by atoms with Crippen LogP contribution in [0.2, 0.25) is 0 Å². The highest BCUT2D eigenvalue weighted by Crippen LogP contribution is 2.23. The van der Waals surface area contributed by atoms with Gasteiger partial charge in [-0.15, -0.1) is 16.4 Å². The van der Waals surface area contributed by atoms with Crippen molar-refractivity contribution in [3.63, 3.8) is 0 Å². The summed E-state index contributed by atoms with van der Waals surface area (Å²) in [7, 11) is 2.06. The number of nitrogens with zero attached hydrogens (tertiary/aromatic N) is 4. The molecule has 0 aliphatic rings. The van der Waals surface area contributed by atoms with Crippen molar-refractivity contribution >= 4 is 55.9 Å². The van der Waals surface area contributed by atoms with Gasteiger partial charge in [0.25, 0.3) is 0 Å². The van der Waals surface area contributed by atoms with Crippen LogP contribution in [0.25, 0.3) is 10.2 Å². The van der Waals surface area contributed by atoms with Gasteiger partial charge in [-0.05, 0) is 50.5 Å². The summed E-state index contributed by atoms with van der Waals surface area (Å²) in [4.78, 5) is 6.87. The number of benzene rings is 2. The van der Waals surface area contributed by atoms with Crippen molar-refractivity contribution in [2.45, 2.75) is 20.1 Å². The fourth-order valence-electron chi connectivity index (χ4n) is 2.70. The molecular weight excluding hydrogens is 394 g/mol. The highest BCUT2D eigenvalue weighted by molar-refractivity contribution is 7.73. The van der Waals surface area contributed by atoms with Gasteiger partial charge in [0.15, 0.2) is 3.95 Å². The number of anilines is 2. The molecule has 0 aliphatic carbocycles. The molecular formula is C19H19N5S3.